The molecule has 0 bridgehead atoms. The second kappa shape index (κ2) is 5.96. The number of halogens is 1. The number of nitrogens with zero attached hydrogens (tertiary/aromatic N) is 1. The van der Waals surface area contributed by atoms with Crippen molar-refractivity contribution in [3.05, 3.63) is 18.0 Å². The van der Waals surface area contributed by atoms with Crippen molar-refractivity contribution in [3.8, 4) is 0 Å². The molecule has 0 aliphatic carbocycles. The quantitative estimate of drug-likeness (QED) is 0.846. The molecular formula is C12H19ClN2O3S. The van der Waals surface area contributed by atoms with Crippen molar-refractivity contribution in [2.24, 2.45) is 18.9 Å². The van der Waals surface area contributed by atoms with Crippen LogP contribution in [-0.4, -0.2) is 25.4 Å². The fraction of sp³-hybridized carbons (Fsp3) is 0.583. The largest absolute Gasteiger partial charge is 0.350 e. The number of hydrogen-bond donors (Lipinski definition) is 1. The van der Waals surface area contributed by atoms with Crippen LogP contribution in [-0.2, 0) is 16.1 Å². The van der Waals surface area contributed by atoms with Crippen molar-refractivity contribution in [1.82, 2.24) is 9.88 Å². The van der Waals surface area contributed by atoms with Crippen LogP contribution in [0, 0.1) is 11.8 Å². The number of rotatable bonds is 5. The second-order valence-electron chi connectivity index (χ2n) is 5.04. The Balaban J connectivity index is 2.81. The van der Waals surface area contributed by atoms with Gasteiger partial charge in [0.15, 0.2) is 0 Å². The normalized spacial score (nSPS) is 13.6. The van der Waals surface area contributed by atoms with Crippen LogP contribution in [0.4, 0.5) is 0 Å². The predicted octanol–water partition coefficient (Wildman–Crippen LogP) is 1.97. The van der Waals surface area contributed by atoms with Gasteiger partial charge in [0.1, 0.15) is 10.6 Å². The minimum atomic E-state index is -3.81. The minimum Gasteiger partial charge on any atom is -0.350 e. The zero-order valence-corrected chi connectivity index (χ0v) is 13.0. The van der Waals surface area contributed by atoms with Crippen molar-refractivity contribution in [3.63, 3.8) is 0 Å². The average molecular weight is 307 g/mol. The van der Waals surface area contributed by atoms with E-state index in [2.05, 4.69) is 19.2 Å². The van der Waals surface area contributed by atoms with Crippen LogP contribution in [0.25, 0.3) is 0 Å². The Morgan fingerprint density at radius 3 is 2.42 bits per heavy atom. The summed E-state index contributed by atoms with van der Waals surface area (Å²) in [5.74, 6) is 0.509. The first-order chi connectivity index (χ1) is 8.62. The molecule has 5 nitrogen and oxygen atoms in total. The lowest BCUT2D eigenvalue weighted by atomic mass is 9.98. The molecule has 1 atom stereocenters. The van der Waals surface area contributed by atoms with Crippen molar-refractivity contribution in [1.29, 1.82) is 0 Å². The molecule has 0 aliphatic rings. The number of hydrogen-bond acceptors (Lipinski definition) is 3. The minimum absolute atomic E-state index is 0.0706. The highest BCUT2D eigenvalue weighted by Gasteiger charge is 2.19. The van der Waals surface area contributed by atoms with E-state index >= 15 is 0 Å². The van der Waals surface area contributed by atoms with E-state index in [1.54, 1.807) is 7.05 Å². The Kier molecular flexibility index (Phi) is 5.04. The van der Waals surface area contributed by atoms with E-state index in [-0.39, 0.29) is 16.5 Å². The highest BCUT2D eigenvalue weighted by molar-refractivity contribution is 8.13. The highest BCUT2D eigenvalue weighted by Crippen LogP contribution is 2.18. The maximum atomic E-state index is 12.0. The lowest BCUT2D eigenvalue weighted by Crippen LogP contribution is -2.31. The second-order valence-corrected chi connectivity index (χ2v) is 7.61. The topological polar surface area (TPSA) is 68.2 Å². The molecule has 1 aromatic rings. The molecule has 19 heavy (non-hydrogen) atoms. The van der Waals surface area contributed by atoms with E-state index in [1.807, 2.05) is 6.92 Å². The number of carbonyl (C=O) groups is 1. The molecule has 108 valence electrons. The van der Waals surface area contributed by atoms with Gasteiger partial charge in [-0.3, -0.25) is 4.79 Å². The maximum absolute atomic E-state index is 12.0. The number of aryl methyl sites for hydroxylation is 1. The van der Waals surface area contributed by atoms with Crippen LogP contribution in [0.5, 0.6) is 0 Å². The van der Waals surface area contributed by atoms with E-state index in [1.165, 1.54) is 16.8 Å². The summed E-state index contributed by atoms with van der Waals surface area (Å²) in [5.41, 5.74) is 0.273. The van der Waals surface area contributed by atoms with Gasteiger partial charge in [-0.1, -0.05) is 20.8 Å². The van der Waals surface area contributed by atoms with E-state index in [4.69, 9.17) is 10.7 Å². The summed E-state index contributed by atoms with van der Waals surface area (Å²) in [7, 11) is 3.04. The summed E-state index contributed by atoms with van der Waals surface area (Å²) in [6.45, 7) is 6.75. The van der Waals surface area contributed by atoms with Gasteiger partial charge in [0, 0.05) is 30.5 Å². The van der Waals surface area contributed by atoms with Gasteiger partial charge in [0.25, 0.3) is 15.0 Å². The van der Waals surface area contributed by atoms with E-state index in [0.29, 0.717) is 18.4 Å². The number of carbonyl (C=O) groups excluding carboxylic acids is 1. The smallest absolute Gasteiger partial charge is 0.267 e. The molecule has 0 fully saturated rings. The van der Waals surface area contributed by atoms with Gasteiger partial charge < -0.3 is 9.88 Å². The molecule has 7 heteroatoms. The average Bonchev–Trinajstić information content (AvgIpc) is 2.67. The summed E-state index contributed by atoms with van der Waals surface area (Å²) in [6.07, 6.45) is 1.32. The predicted molar refractivity (Wildman–Crippen MR) is 74.8 cm³/mol. The molecule has 1 amide bonds. The van der Waals surface area contributed by atoms with E-state index < -0.39 is 9.05 Å². The number of aromatic nitrogens is 1. The first kappa shape index (κ1) is 16.0. The molecule has 0 spiro atoms. The van der Waals surface area contributed by atoms with Crippen molar-refractivity contribution >= 4 is 25.6 Å². The Bertz CT molecular complexity index is 564. The zero-order chi connectivity index (χ0) is 14.8. The summed E-state index contributed by atoms with van der Waals surface area (Å²) in [6, 6.07) is 1.28. The van der Waals surface area contributed by atoms with E-state index in [9.17, 15) is 13.2 Å². The van der Waals surface area contributed by atoms with Gasteiger partial charge in [0.05, 0.1) is 0 Å². The molecule has 0 radical (unpaired) electrons. The van der Waals surface area contributed by atoms with Gasteiger partial charge in [-0.15, -0.1) is 0 Å². The van der Waals surface area contributed by atoms with Crippen LogP contribution < -0.4 is 5.32 Å². The van der Waals surface area contributed by atoms with Gasteiger partial charge in [-0.05, 0) is 17.9 Å². The third-order valence-electron chi connectivity index (χ3n) is 3.22. The molecule has 1 rings (SSSR count). The first-order valence-electron chi connectivity index (χ1n) is 6.02. The number of amides is 1. The van der Waals surface area contributed by atoms with Gasteiger partial charge in [-0.2, -0.15) is 0 Å². The molecule has 0 aromatic carbocycles. The maximum Gasteiger partial charge on any atom is 0.267 e. The standard InChI is InChI=1S/C12H19ClN2O3S/c1-8(2)9(3)6-14-12(16)11-5-10(7-15(11)4)19(13,17)18/h5,7-9H,6H2,1-4H3,(H,14,16). The van der Waals surface area contributed by atoms with Crippen molar-refractivity contribution < 1.29 is 13.2 Å². The molecule has 1 N–H and O–H groups in total. The Labute approximate surface area is 118 Å². The van der Waals surface area contributed by atoms with Crippen LogP contribution in [0.3, 0.4) is 0 Å². The Morgan fingerprint density at radius 2 is 2.00 bits per heavy atom. The Morgan fingerprint density at radius 1 is 1.42 bits per heavy atom. The molecule has 1 aromatic heterocycles. The fourth-order valence-corrected chi connectivity index (χ4v) is 2.26. The monoisotopic (exact) mass is 306 g/mol. The molecule has 0 saturated carbocycles. The van der Waals surface area contributed by atoms with Crippen molar-refractivity contribution in [2.45, 2.75) is 25.7 Å². The summed E-state index contributed by atoms with van der Waals surface area (Å²) in [4.78, 5) is 11.9. The van der Waals surface area contributed by atoms with Crippen LogP contribution in [0.1, 0.15) is 31.3 Å². The summed E-state index contributed by atoms with van der Waals surface area (Å²) < 4.78 is 23.8. The van der Waals surface area contributed by atoms with Gasteiger partial charge in [0.2, 0.25) is 0 Å². The molecule has 0 saturated heterocycles. The fourth-order valence-electron chi connectivity index (χ4n) is 1.47. The zero-order valence-electron chi connectivity index (χ0n) is 11.5. The first-order valence-corrected chi connectivity index (χ1v) is 8.33. The van der Waals surface area contributed by atoms with Crippen LogP contribution in [0.2, 0.25) is 0 Å². The molecule has 1 heterocycles. The SMILES string of the molecule is CC(C)C(C)CNC(=O)c1cc(S(=O)(=O)Cl)cn1C. The molecule has 0 aliphatic heterocycles. The third-order valence-corrected chi connectivity index (χ3v) is 4.54. The van der Waals surface area contributed by atoms with Crippen LogP contribution in [0.15, 0.2) is 17.2 Å². The lowest BCUT2D eigenvalue weighted by molar-refractivity contribution is 0.0936. The summed E-state index contributed by atoms with van der Waals surface area (Å²) >= 11 is 0. The van der Waals surface area contributed by atoms with E-state index in [0.717, 1.165) is 0 Å². The van der Waals surface area contributed by atoms with Crippen LogP contribution >= 0.6 is 10.7 Å². The van der Waals surface area contributed by atoms with Gasteiger partial charge in [-0.25, -0.2) is 8.42 Å². The molecule has 1 unspecified atom stereocenters. The van der Waals surface area contributed by atoms with Crippen molar-refractivity contribution in [2.75, 3.05) is 6.54 Å². The number of nitrogens with one attached hydrogen (secondary N) is 1. The highest BCUT2D eigenvalue weighted by atomic mass is 35.7. The lowest BCUT2D eigenvalue weighted by Gasteiger charge is -2.16. The summed E-state index contributed by atoms with van der Waals surface area (Å²) in [5, 5.41) is 2.79. The Hall–Kier alpha value is -1.01. The third kappa shape index (κ3) is 4.24. The molecular weight excluding hydrogens is 288 g/mol. The van der Waals surface area contributed by atoms with Gasteiger partial charge >= 0.3 is 0 Å².